The molecule has 0 bridgehead atoms. The van der Waals surface area contributed by atoms with E-state index in [0.717, 1.165) is 32.2 Å². The molecule has 0 aliphatic carbocycles. The zero-order valence-electron chi connectivity index (χ0n) is 24.2. The van der Waals surface area contributed by atoms with E-state index in [1.807, 2.05) is 34.8 Å². The van der Waals surface area contributed by atoms with Gasteiger partial charge in [0.2, 0.25) is 0 Å². The smallest absolute Gasteiger partial charge is 0.124 e. The number of hydrogen-bond donors (Lipinski definition) is 0. The summed E-state index contributed by atoms with van der Waals surface area (Å²) in [6.07, 6.45) is 0. The van der Waals surface area contributed by atoms with Gasteiger partial charge in [-0.25, -0.2) is 9.97 Å². The quantitative estimate of drug-likeness (QED) is 0.188. The van der Waals surface area contributed by atoms with E-state index in [1.165, 1.54) is 61.2 Å². The van der Waals surface area contributed by atoms with Gasteiger partial charge in [-0.2, -0.15) is 0 Å². The summed E-state index contributed by atoms with van der Waals surface area (Å²) in [5, 5.41) is 7.56. The Balaban J connectivity index is 0.996. The SMILES string of the molecule is c1ccc(-c2ccc3cc(-c4cc5cc6cc7sc(-c8cc9ccc(-c%10ccccc%10)nc9s8)cc7cc6cc5s4)sc3n2)cc1. The molecule has 0 unspecified atom stereocenters. The highest BCUT2D eigenvalue weighted by Gasteiger charge is 2.14. The van der Waals surface area contributed by atoms with Crippen LogP contribution in [-0.2, 0) is 0 Å². The summed E-state index contributed by atoms with van der Waals surface area (Å²) < 4.78 is 2.63. The molecule has 0 saturated heterocycles. The topological polar surface area (TPSA) is 25.8 Å². The van der Waals surface area contributed by atoms with Crippen molar-refractivity contribution >= 4 is 96.7 Å². The Morgan fingerprint density at radius 1 is 0.326 bits per heavy atom. The van der Waals surface area contributed by atoms with Crippen LogP contribution in [0.2, 0.25) is 0 Å². The second kappa shape index (κ2) is 10.4. The molecule has 0 atom stereocenters. The van der Waals surface area contributed by atoms with E-state index in [9.17, 15) is 0 Å². The lowest BCUT2D eigenvalue weighted by Gasteiger charge is -1.99. The summed E-state index contributed by atoms with van der Waals surface area (Å²) in [5.74, 6) is 0. The number of pyridine rings is 2. The van der Waals surface area contributed by atoms with Crippen LogP contribution in [0.4, 0.5) is 0 Å². The number of fused-ring (bicyclic) bond motifs is 5. The Bertz CT molecular complexity index is 2490. The van der Waals surface area contributed by atoms with Gasteiger partial charge >= 0.3 is 0 Å². The minimum atomic E-state index is 1.02. The number of nitrogens with zero attached hydrogens (tertiary/aromatic N) is 2. The molecule has 0 radical (unpaired) electrons. The lowest BCUT2D eigenvalue weighted by atomic mass is 10.1. The maximum absolute atomic E-state index is 4.99. The van der Waals surface area contributed by atoms with Gasteiger partial charge in [0.1, 0.15) is 9.66 Å². The molecule has 0 spiro atoms. The van der Waals surface area contributed by atoms with E-state index >= 15 is 0 Å². The molecule has 6 heteroatoms. The number of hydrogen-bond acceptors (Lipinski definition) is 6. The summed E-state index contributed by atoms with van der Waals surface area (Å²) in [5.41, 5.74) is 4.35. The second-order valence-corrected chi connectivity index (χ2v) is 15.7. The predicted molar refractivity (Wildman–Crippen MR) is 203 cm³/mol. The Kier molecular flexibility index (Phi) is 5.99. The molecule has 46 heavy (non-hydrogen) atoms. The normalized spacial score (nSPS) is 11.9. The molecule has 4 aromatic carbocycles. The Labute approximate surface area is 280 Å². The summed E-state index contributed by atoms with van der Waals surface area (Å²) in [4.78, 5) is 17.3. The Hall–Kier alpha value is -4.72. The van der Waals surface area contributed by atoms with Crippen LogP contribution in [-0.4, -0.2) is 9.97 Å². The van der Waals surface area contributed by atoms with Crippen LogP contribution in [0.15, 0.2) is 133 Å². The molecular formula is C40H22N2S4. The van der Waals surface area contributed by atoms with Crippen molar-refractivity contribution in [2.75, 3.05) is 0 Å². The molecule has 6 heterocycles. The molecule has 0 amide bonds. The van der Waals surface area contributed by atoms with Gasteiger partial charge in [-0.15, -0.1) is 45.3 Å². The molecule has 216 valence electrons. The average Bonchev–Trinajstić information content (AvgIpc) is 3.90. The summed E-state index contributed by atoms with van der Waals surface area (Å²) in [6.45, 7) is 0. The van der Waals surface area contributed by atoms with Crippen molar-refractivity contribution in [2.24, 2.45) is 0 Å². The van der Waals surface area contributed by atoms with Crippen LogP contribution in [0.5, 0.6) is 0 Å². The lowest BCUT2D eigenvalue weighted by Crippen LogP contribution is -1.81. The monoisotopic (exact) mass is 658 g/mol. The van der Waals surface area contributed by atoms with Crippen molar-refractivity contribution in [1.29, 1.82) is 0 Å². The van der Waals surface area contributed by atoms with Crippen molar-refractivity contribution in [3.8, 4) is 42.0 Å². The van der Waals surface area contributed by atoms with Crippen LogP contribution in [0.3, 0.4) is 0 Å². The first-order valence-corrected chi connectivity index (χ1v) is 18.3. The fourth-order valence-electron chi connectivity index (χ4n) is 6.18. The molecule has 0 N–H and O–H groups in total. The summed E-state index contributed by atoms with van der Waals surface area (Å²) >= 11 is 7.30. The molecule has 0 fully saturated rings. The highest BCUT2D eigenvalue weighted by molar-refractivity contribution is 7.29. The summed E-state index contributed by atoms with van der Waals surface area (Å²) in [7, 11) is 0. The van der Waals surface area contributed by atoms with Gasteiger partial charge in [0.15, 0.2) is 0 Å². The van der Waals surface area contributed by atoms with Gasteiger partial charge < -0.3 is 0 Å². The van der Waals surface area contributed by atoms with Gasteiger partial charge in [-0.3, -0.25) is 0 Å². The van der Waals surface area contributed by atoms with Gasteiger partial charge in [0.25, 0.3) is 0 Å². The Morgan fingerprint density at radius 2 is 0.739 bits per heavy atom. The van der Waals surface area contributed by atoms with Gasteiger partial charge in [-0.05, 0) is 94.3 Å². The summed E-state index contributed by atoms with van der Waals surface area (Å²) in [6, 6.07) is 48.2. The van der Waals surface area contributed by atoms with Crippen LogP contribution < -0.4 is 0 Å². The number of thiophene rings is 4. The van der Waals surface area contributed by atoms with E-state index < -0.39 is 0 Å². The van der Waals surface area contributed by atoms with Crippen LogP contribution in [0.1, 0.15) is 0 Å². The first kappa shape index (κ1) is 26.5. The fourth-order valence-corrected chi connectivity index (χ4v) is 10.6. The van der Waals surface area contributed by atoms with Gasteiger partial charge in [-0.1, -0.05) is 60.7 Å². The van der Waals surface area contributed by atoms with Gasteiger partial charge in [0, 0.05) is 50.8 Å². The molecule has 0 aliphatic heterocycles. The van der Waals surface area contributed by atoms with Crippen molar-refractivity contribution < 1.29 is 0 Å². The van der Waals surface area contributed by atoms with Crippen LogP contribution in [0, 0.1) is 0 Å². The first-order chi connectivity index (χ1) is 22.7. The molecule has 10 rings (SSSR count). The molecule has 6 aromatic heterocycles. The standard InChI is InChI=1S/C40H22N2S4/c1-3-7-23(8-4-1)31-13-11-25-17-37(45-39(25)41-31)35-21-29-15-27-20-34-30(16-28(27)19-33(29)43-35)22-36(44-34)38-18-26-12-14-32(42-40(26)46-38)24-9-5-2-6-10-24/h1-22H. The molecule has 0 aliphatic rings. The molecule has 10 aromatic rings. The largest absolute Gasteiger partial charge is 0.237 e. The highest BCUT2D eigenvalue weighted by Crippen LogP contribution is 2.44. The maximum atomic E-state index is 4.99. The third-order valence-electron chi connectivity index (χ3n) is 8.50. The van der Waals surface area contributed by atoms with Gasteiger partial charge in [0.05, 0.1) is 11.4 Å². The predicted octanol–water partition coefficient (Wildman–Crippen LogP) is 13.2. The van der Waals surface area contributed by atoms with E-state index in [1.54, 1.807) is 22.7 Å². The van der Waals surface area contributed by atoms with E-state index in [2.05, 4.69) is 121 Å². The van der Waals surface area contributed by atoms with Crippen LogP contribution in [0.25, 0.3) is 93.4 Å². The minimum Gasteiger partial charge on any atom is -0.237 e. The zero-order valence-corrected chi connectivity index (χ0v) is 27.5. The molecule has 0 saturated carbocycles. The Morgan fingerprint density at radius 3 is 1.20 bits per heavy atom. The number of benzene rings is 4. The fraction of sp³-hybridized carbons (Fsp3) is 0. The van der Waals surface area contributed by atoms with Crippen molar-refractivity contribution in [3.63, 3.8) is 0 Å². The highest BCUT2D eigenvalue weighted by atomic mass is 32.1. The molecule has 2 nitrogen and oxygen atoms in total. The molecular weight excluding hydrogens is 637 g/mol. The van der Waals surface area contributed by atoms with Crippen LogP contribution >= 0.6 is 45.3 Å². The zero-order chi connectivity index (χ0) is 30.2. The third-order valence-corrected chi connectivity index (χ3v) is 13.2. The van der Waals surface area contributed by atoms with E-state index in [0.29, 0.717) is 0 Å². The van der Waals surface area contributed by atoms with E-state index in [4.69, 9.17) is 9.97 Å². The number of rotatable bonds is 4. The average molecular weight is 659 g/mol. The van der Waals surface area contributed by atoms with Crippen molar-refractivity contribution in [3.05, 3.63) is 133 Å². The lowest BCUT2D eigenvalue weighted by molar-refractivity contribution is 1.43. The second-order valence-electron chi connectivity index (χ2n) is 11.5. The first-order valence-electron chi connectivity index (χ1n) is 15.0. The maximum Gasteiger partial charge on any atom is 0.124 e. The van der Waals surface area contributed by atoms with Crippen molar-refractivity contribution in [1.82, 2.24) is 9.97 Å². The van der Waals surface area contributed by atoms with Crippen molar-refractivity contribution in [2.45, 2.75) is 0 Å². The minimum absolute atomic E-state index is 1.02. The third kappa shape index (κ3) is 4.49. The van der Waals surface area contributed by atoms with E-state index in [-0.39, 0.29) is 0 Å². The number of aromatic nitrogens is 2.